The van der Waals surface area contributed by atoms with Crippen molar-refractivity contribution in [3.63, 3.8) is 0 Å². The maximum absolute atomic E-state index is 12.7. The standard InChI is InChI=1S/C13H17FN2S/c1-2-8-16-12(10-15)7-9-17-13-5-3-11(14)4-6-13/h3-6,12,16H,2,7-9H2,1H3. The maximum Gasteiger partial charge on any atom is 0.123 e. The van der Waals surface area contributed by atoms with Crippen molar-refractivity contribution in [2.75, 3.05) is 12.3 Å². The smallest absolute Gasteiger partial charge is 0.123 e. The minimum absolute atomic E-state index is 0.0806. The molecule has 4 heteroatoms. The summed E-state index contributed by atoms with van der Waals surface area (Å²) < 4.78 is 12.7. The van der Waals surface area contributed by atoms with Gasteiger partial charge in [0.2, 0.25) is 0 Å². The molecule has 0 aliphatic heterocycles. The maximum atomic E-state index is 12.7. The van der Waals surface area contributed by atoms with Gasteiger partial charge < -0.3 is 5.32 Å². The number of hydrogen-bond acceptors (Lipinski definition) is 3. The number of rotatable bonds is 7. The van der Waals surface area contributed by atoms with Crippen LogP contribution in [0.4, 0.5) is 4.39 Å². The Kier molecular flexibility index (Phi) is 6.68. The van der Waals surface area contributed by atoms with Crippen LogP contribution in [0.15, 0.2) is 29.2 Å². The first-order valence-electron chi connectivity index (χ1n) is 5.77. The molecule has 17 heavy (non-hydrogen) atoms. The molecular formula is C13H17FN2S. The first-order chi connectivity index (χ1) is 8.26. The third kappa shape index (κ3) is 5.71. The molecule has 1 unspecified atom stereocenters. The second kappa shape index (κ2) is 8.10. The number of thioether (sulfide) groups is 1. The van der Waals surface area contributed by atoms with Crippen LogP contribution in [0.3, 0.4) is 0 Å². The zero-order valence-electron chi connectivity index (χ0n) is 9.95. The van der Waals surface area contributed by atoms with Gasteiger partial charge in [-0.2, -0.15) is 5.26 Å². The lowest BCUT2D eigenvalue weighted by Gasteiger charge is -2.09. The van der Waals surface area contributed by atoms with Crippen LogP contribution in [-0.4, -0.2) is 18.3 Å². The van der Waals surface area contributed by atoms with Crippen molar-refractivity contribution >= 4 is 11.8 Å². The van der Waals surface area contributed by atoms with Crippen LogP contribution < -0.4 is 5.32 Å². The highest BCUT2D eigenvalue weighted by Crippen LogP contribution is 2.19. The Morgan fingerprint density at radius 2 is 2.12 bits per heavy atom. The van der Waals surface area contributed by atoms with Gasteiger partial charge in [0.15, 0.2) is 0 Å². The van der Waals surface area contributed by atoms with Gasteiger partial charge in [0, 0.05) is 10.6 Å². The molecule has 1 atom stereocenters. The minimum Gasteiger partial charge on any atom is -0.302 e. The summed E-state index contributed by atoms with van der Waals surface area (Å²) in [6.45, 7) is 2.95. The van der Waals surface area contributed by atoms with Crippen LogP contribution in [0.2, 0.25) is 0 Å². The second-order valence-corrected chi connectivity index (χ2v) is 4.90. The van der Waals surface area contributed by atoms with Gasteiger partial charge in [-0.15, -0.1) is 11.8 Å². The van der Waals surface area contributed by atoms with E-state index in [4.69, 9.17) is 5.26 Å². The fourth-order valence-corrected chi connectivity index (χ4v) is 2.27. The van der Waals surface area contributed by atoms with Crippen molar-refractivity contribution in [1.82, 2.24) is 5.32 Å². The number of nitrogens with zero attached hydrogens (tertiary/aromatic N) is 1. The third-order valence-corrected chi connectivity index (χ3v) is 3.33. The summed E-state index contributed by atoms with van der Waals surface area (Å²) in [5.41, 5.74) is 0. The third-order valence-electron chi connectivity index (χ3n) is 2.29. The van der Waals surface area contributed by atoms with Crippen LogP contribution in [0, 0.1) is 17.1 Å². The molecule has 0 aliphatic carbocycles. The van der Waals surface area contributed by atoms with E-state index in [1.54, 1.807) is 23.9 Å². The number of benzene rings is 1. The van der Waals surface area contributed by atoms with Crippen LogP contribution in [0.25, 0.3) is 0 Å². The van der Waals surface area contributed by atoms with E-state index < -0.39 is 0 Å². The summed E-state index contributed by atoms with van der Waals surface area (Å²) in [5.74, 6) is 0.648. The van der Waals surface area contributed by atoms with E-state index >= 15 is 0 Å². The highest BCUT2D eigenvalue weighted by molar-refractivity contribution is 7.99. The molecular weight excluding hydrogens is 235 g/mol. The Morgan fingerprint density at radius 1 is 1.41 bits per heavy atom. The lowest BCUT2D eigenvalue weighted by molar-refractivity contribution is 0.585. The summed E-state index contributed by atoms with van der Waals surface area (Å²) >= 11 is 1.65. The average Bonchev–Trinajstić information content (AvgIpc) is 2.36. The monoisotopic (exact) mass is 252 g/mol. The summed E-state index contributed by atoms with van der Waals surface area (Å²) in [6, 6.07) is 8.61. The van der Waals surface area contributed by atoms with Gasteiger partial charge in [0.05, 0.1) is 12.1 Å². The number of nitriles is 1. The first-order valence-corrected chi connectivity index (χ1v) is 6.76. The summed E-state index contributed by atoms with van der Waals surface area (Å²) in [4.78, 5) is 1.04. The lowest BCUT2D eigenvalue weighted by Crippen LogP contribution is -2.28. The van der Waals surface area contributed by atoms with Crippen molar-refractivity contribution in [3.05, 3.63) is 30.1 Å². The van der Waals surface area contributed by atoms with Gasteiger partial charge in [-0.25, -0.2) is 4.39 Å². The molecule has 1 aromatic carbocycles. The number of halogens is 1. The highest BCUT2D eigenvalue weighted by Gasteiger charge is 2.05. The Labute approximate surface area is 106 Å². The quantitative estimate of drug-likeness (QED) is 0.757. The van der Waals surface area contributed by atoms with Crippen LogP contribution in [0.1, 0.15) is 19.8 Å². The van der Waals surface area contributed by atoms with Crippen LogP contribution in [0.5, 0.6) is 0 Å². The molecule has 0 spiro atoms. The molecule has 0 radical (unpaired) electrons. The average molecular weight is 252 g/mol. The van der Waals surface area contributed by atoms with E-state index in [-0.39, 0.29) is 11.9 Å². The van der Waals surface area contributed by atoms with Gasteiger partial charge in [-0.1, -0.05) is 6.92 Å². The molecule has 0 aromatic heterocycles. The SMILES string of the molecule is CCCNC(C#N)CCSc1ccc(F)cc1. The van der Waals surface area contributed by atoms with E-state index in [0.29, 0.717) is 0 Å². The molecule has 0 saturated heterocycles. The van der Waals surface area contributed by atoms with Crippen LogP contribution >= 0.6 is 11.8 Å². The summed E-state index contributed by atoms with van der Waals surface area (Å²) in [6.07, 6.45) is 1.84. The van der Waals surface area contributed by atoms with Gasteiger partial charge in [-0.05, 0) is 43.7 Å². The zero-order valence-corrected chi connectivity index (χ0v) is 10.8. The van der Waals surface area contributed by atoms with Gasteiger partial charge in [0.25, 0.3) is 0 Å². The molecule has 92 valence electrons. The molecule has 0 aliphatic rings. The van der Waals surface area contributed by atoms with Gasteiger partial charge in [0.1, 0.15) is 5.82 Å². The van der Waals surface area contributed by atoms with Crippen molar-refractivity contribution in [1.29, 1.82) is 5.26 Å². The second-order valence-electron chi connectivity index (χ2n) is 3.73. The van der Waals surface area contributed by atoms with Gasteiger partial charge >= 0.3 is 0 Å². The largest absolute Gasteiger partial charge is 0.302 e. The van der Waals surface area contributed by atoms with Crippen LogP contribution in [-0.2, 0) is 0 Å². The Morgan fingerprint density at radius 3 is 2.71 bits per heavy atom. The summed E-state index contributed by atoms with van der Waals surface area (Å²) in [5, 5.41) is 12.1. The molecule has 1 N–H and O–H groups in total. The van der Waals surface area contributed by atoms with Crippen molar-refractivity contribution in [2.45, 2.75) is 30.7 Å². The minimum atomic E-state index is -0.214. The normalized spacial score (nSPS) is 12.1. The molecule has 2 nitrogen and oxygen atoms in total. The zero-order chi connectivity index (χ0) is 12.5. The van der Waals surface area contributed by atoms with E-state index in [1.807, 2.05) is 0 Å². The van der Waals surface area contributed by atoms with Crippen molar-refractivity contribution in [2.24, 2.45) is 0 Å². The van der Waals surface area contributed by atoms with E-state index in [1.165, 1.54) is 12.1 Å². The van der Waals surface area contributed by atoms with E-state index in [9.17, 15) is 4.39 Å². The molecule has 0 amide bonds. The lowest BCUT2D eigenvalue weighted by atomic mass is 10.2. The fraction of sp³-hybridized carbons (Fsp3) is 0.462. The molecule has 0 fully saturated rings. The Bertz CT molecular complexity index is 359. The van der Waals surface area contributed by atoms with Crippen molar-refractivity contribution in [3.8, 4) is 6.07 Å². The van der Waals surface area contributed by atoms with E-state index in [2.05, 4.69) is 18.3 Å². The first kappa shape index (κ1) is 14.0. The highest BCUT2D eigenvalue weighted by atomic mass is 32.2. The molecule has 1 rings (SSSR count). The summed E-state index contributed by atoms with van der Waals surface area (Å²) in [7, 11) is 0. The number of nitrogens with one attached hydrogen (secondary N) is 1. The molecule has 0 bridgehead atoms. The molecule has 1 aromatic rings. The Balaban J connectivity index is 2.26. The fourth-order valence-electron chi connectivity index (χ4n) is 1.36. The van der Waals surface area contributed by atoms with E-state index in [0.717, 1.165) is 30.0 Å². The Hall–Kier alpha value is -1.05. The number of hydrogen-bond donors (Lipinski definition) is 1. The molecule has 0 heterocycles. The van der Waals surface area contributed by atoms with Gasteiger partial charge in [-0.3, -0.25) is 0 Å². The molecule has 0 saturated carbocycles. The van der Waals surface area contributed by atoms with Crippen molar-refractivity contribution < 1.29 is 4.39 Å². The topological polar surface area (TPSA) is 35.8 Å². The predicted molar refractivity (Wildman–Crippen MR) is 69.4 cm³/mol. The predicted octanol–water partition coefficient (Wildman–Crippen LogP) is 3.20.